The van der Waals surface area contributed by atoms with Crippen molar-refractivity contribution in [1.29, 1.82) is 5.41 Å². The first-order chi connectivity index (χ1) is 6.04. The van der Waals surface area contributed by atoms with Gasteiger partial charge in [0.2, 0.25) is 0 Å². The minimum atomic E-state index is -0.957. The van der Waals surface area contributed by atoms with Crippen molar-refractivity contribution in [3.05, 3.63) is 21.9 Å². The Morgan fingerprint density at radius 2 is 2.23 bits per heavy atom. The molecule has 0 aliphatic rings. The maximum Gasteiger partial charge on any atom is 0.337 e. The van der Waals surface area contributed by atoms with Gasteiger partial charge in [-0.25, -0.2) is 4.79 Å². The summed E-state index contributed by atoms with van der Waals surface area (Å²) in [5.74, 6) is -0.890. The Labute approximate surface area is 80.5 Å². The van der Waals surface area contributed by atoms with Gasteiger partial charge in [0.1, 0.15) is 0 Å². The second kappa shape index (κ2) is 3.70. The first kappa shape index (κ1) is 9.92. The summed E-state index contributed by atoms with van der Waals surface area (Å²) in [4.78, 5) is 11.3. The molecule has 0 aliphatic heterocycles. The van der Waals surface area contributed by atoms with Gasteiger partial charge in [-0.1, -0.05) is 13.8 Å². The van der Waals surface area contributed by atoms with Crippen LogP contribution in [0, 0.1) is 11.3 Å². The molecule has 1 aromatic heterocycles. The topological polar surface area (TPSA) is 61.2 Å². The predicted molar refractivity (Wildman–Crippen MR) is 52.9 cm³/mol. The summed E-state index contributed by atoms with van der Waals surface area (Å²) in [6.07, 6.45) is 0. The molecule has 70 valence electrons. The zero-order valence-corrected chi connectivity index (χ0v) is 8.31. The van der Waals surface area contributed by atoms with E-state index in [0.29, 0.717) is 10.6 Å². The number of nitrogens with one attached hydrogen (secondary N) is 1. The first-order valence-electron chi connectivity index (χ1n) is 3.93. The molecule has 0 aromatic carbocycles. The molecule has 1 aromatic rings. The Balaban J connectivity index is 3.08. The van der Waals surface area contributed by atoms with Gasteiger partial charge in [-0.2, -0.15) is 0 Å². The summed E-state index contributed by atoms with van der Waals surface area (Å²) in [5.41, 5.74) is 0.635. The number of carboxylic acids is 1. The van der Waals surface area contributed by atoms with Crippen molar-refractivity contribution in [3.8, 4) is 0 Å². The molecule has 0 amide bonds. The highest BCUT2D eigenvalue weighted by Gasteiger charge is 2.16. The normalized spacial score (nSPS) is 10.4. The van der Waals surface area contributed by atoms with Gasteiger partial charge in [-0.15, -0.1) is 11.3 Å². The van der Waals surface area contributed by atoms with Crippen molar-refractivity contribution >= 4 is 23.0 Å². The van der Waals surface area contributed by atoms with E-state index in [4.69, 9.17) is 10.5 Å². The number of hydrogen-bond donors (Lipinski definition) is 2. The van der Waals surface area contributed by atoms with Gasteiger partial charge in [-0.05, 0) is 17.4 Å². The minimum absolute atomic E-state index is 0.0664. The lowest BCUT2D eigenvalue weighted by molar-refractivity contribution is 0.0697. The molecular weight excluding hydrogens is 186 g/mol. The molecule has 2 N–H and O–H groups in total. The maximum atomic E-state index is 10.7. The Hall–Kier alpha value is -1.16. The monoisotopic (exact) mass is 197 g/mol. The Morgan fingerprint density at radius 1 is 1.62 bits per heavy atom. The largest absolute Gasteiger partial charge is 0.478 e. The second-order valence-corrected chi connectivity index (χ2v) is 3.95. The fraction of sp³-hybridized carbons (Fsp3) is 0.333. The van der Waals surface area contributed by atoms with Crippen LogP contribution < -0.4 is 0 Å². The van der Waals surface area contributed by atoms with E-state index in [2.05, 4.69) is 0 Å². The third-order valence-electron chi connectivity index (χ3n) is 1.72. The first-order valence-corrected chi connectivity index (χ1v) is 4.81. The molecule has 0 spiro atoms. The summed E-state index contributed by atoms with van der Waals surface area (Å²) >= 11 is 1.31. The lowest BCUT2D eigenvalue weighted by Gasteiger charge is -2.05. The van der Waals surface area contributed by atoms with Gasteiger partial charge in [-0.3, -0.25) is 0 Å². The lowest BCUT2D eigenvalue weighted by Crippen LogP contribution is -2.10. The molecule has 0 bridgehead atoms. The number of thiophene rings is 1. The van der Waals surface area contributed by atoms with Gasteiger partial charge in [0.05, 0.1) is 16.2 Å². The van der Waals surface area contributed by atoms with E-state index in [9.17, 15) is 4.79 Å². The van der Waals surface area contributed by atoms with Crippen LogP contribution in [0.4, 0.5) is 0 Å². The molecule has 0 saturated carbocycles. The molecule has 0 unspecified atom stereocenters. The predicted octanol–water partition coefficient (Wildman–Crippen LogP) is 2.47. The van der Waals surface area contributed by atoms with Crippen LogP contribution in [0.2, 0.25) is 0 Å². The lowest BCUT2D eigenvalue weighted by atomic mass is 10.0. The molecule has 0 saturated heterocycles. The molecule has 1 heterocycles. The van der Waals surface area contributed by atoms with E-state index in [1.807, 2.05) is 13.8 Å². The quantitative estimate of drug-likeness (QED) is 0.731. The van der Waals surface area contributed by atoms with Gasteiger partial charge in [0, 0.05) is 0 Å². The van der Waals surface area contributed by atoms with Crippen molar-refractivity contribution in [2.75, 3.05) is 0 Å². The third-order valence-corrected chi connectivity index (χ3v) is 2.67. The SMILES string of the molecule is CC(C)C(=N)c1sccc1C(=O)O. The van der Waals surface area contributed by atoms with Gasteiger partial charge >= 0.3 is 5.97 Å². The summed E-state index contributed by atoms with van der Waals surface area (Å²) in [7, 11) is 0. The fourth-order valence-corrected chi connectivity index (χ4v) is 1.93. The van der Waals surface area contributed by atoms with Crippen molar-refractivity contribution < 1.29 is 9.90 Å². The molecule has 4 heteroatoms. The molecule has 13 heavy (non-hydrogen) atoms. The number of hydrogen-bond acceptors (Lipinski definition) is 3. The van der Waals surface area contributed by atoms with E-state index in [0.717, 1.165) is 0 Å². The molecule has 0 aliphatic carbocycles. The van der Waals surface area contributed by atoms with Crippen LogP contribution >= 0.6 is 11.3 Å². The Morgan fingerprint density at radius 3 is 2.69 bits per heavy atom. The Kier molecular flexibility index (Phi) is 2.83. The average Bonchev–Trinajstić information content (AvgIpc) is 2.50. The van der Waals surface area contributed by atoms with E-state index < -0.39 is 5.97 Å². The number of rotatable bonds is 3. The highest BCUT2D eigenvalue weighted by atomic mass is 32.1. The van der Waals surface area contributed by atoms with E-state index >= 15 is 0 Å². The molecule has 1 rings (SSSR count). The van der Waals surface area contributed by atoms with Crippen LogP contribution in [0.5, 0.6) is 0 Å². The molecule has 0 fully saturated rings. The highest BCUT2D eigenvalue weighted by molar-refractivity contribution is 7.12. The van der Waals surface area contributed by atoms with Gasteiger partial charge in [0.15, 0.2) is 0 Å². The molecular formula is C9H11NO2S. The Bertz CT molecular complexity index is 341. The standard InChI is InChI=1S/C9H11NO2S/c1-5(2)7(10)8-6(9(11)12)3-4-13-8/h3-5,10H,1-2H3,(H,11,12). The highest BCUT2D eigenvalue weighted by Crippen LogP contribution is 2.20. The summed E-state index contributed by atoms with van der Waals surface area (Å²) in [6.45, 7) is 3.77. The average molecular weight is 197 g/mol. The van der Waals surface area contributed by atoms with E-state index in [-0.39, 0.29) is 11.5 Å². The van der Waals surface area contributed by atoms with Crippen molar-refractivity contribution in [1.82, 2.24) is 0 Å². The van der Waals surface area contributed by atoms with E-state index in [1.165, 1.54) is 11.3 Å². The van der Waals surface area contributed by atoms with Crippen molar-refractivity contribution in [2.24, 2.45) is 5.92 Å². The van der Waals surface area contributed by atoms with Gasteiger partial charge in [0.25, 0.3) is 0 Å². The number of carboxylic acid groups (broad SMARTS) is 1. The molecule has 0 radical (unpaired) electrons. The minimum Gasteiger partial charge on any atom is -0.478 e. The second-order valence-electron chi connectivity index (χ2n) is 3.04. The molecule has 0 atom stereocenters. The van der Waals surface area contributed by atoms with Crippen LogP contribution in [0.25, 0.3) is 0 Å². The van der Waals surface area contributed by atoms with Crippen molar-refractivity contribution in [3.63, 3.8) is 0 Å². The van der Waals surface area contributed by atoms with Crippen LogP contribution in [-0.4, -0.2) is 16.8 Å². The van der Waals surface area contributed by atoms with E-state index in [1.54, 1.807) is 11.4 Å². The van der Waals surface area contributed by atoms with Crippen LogP contribution in [0.15, 0.2) is 11.4 Å². The van der Waals surface area contributed by atoms with Crippen LogP contribution in [0.1, 0.15) is 29.1 Å². The fourth-order valence-electron chi connectivity index (χ4n) is 0.948. The number of carbonyl (C=O) groups is 1. The summed E-state index contributed by atoms with van der Waals surface area (Å²) in [5, 5.41) is 18.2. The van der Waals surface area contributed by atoms with Crippen molar-refractivity contribution in [2.45, 2.75) is 13.8 Å². The number of aromatic carboxylic acids is 1. The zero-order chi connectivity index (χ0) is 10.0. The van der Waals surface area contributed by atoms with Gasteiger partial charge < -0.3 is 10.5 Å². The maximum absolute atomic E-state index is 10.7. The summed E-state index contributed by atoms with van der Waals surface area (Å²) < 4.78 is 0. The van der Waals surface area contributed by atoms with Crippen LogP contribution in [0.3, 0.4) is 0 Å². The zero-order valence-electron chi connectivity index (χ0n) is 7.50. The van der Waals surface area contributed by atoms with Crippen LogP contribution in [-0.2, 0) is 0 Å². The molecule has 3 nitrogen and oxygen atoms in total. The third kappa shape index (κ3) is 1.95. The summed E-state index contributed by atoms with van der Waals surface area (Å²) in [6, 6.07) is 1.54. The smallest absolute Gasteiger partial charge is 0.337 e.